The van der Waals surface area contributed by atoms with Gasteiger partial charge in [-0.3, -0.25) is 0 Å². The molecule has 1 aromatic heterocycles. The molecule has 3 rings (SSSR count). The number of nitrogens with one attached hydrogen (secondary N) is 1. The zero-order valence-corrected chi connectivity index (χ0v) is 14.5. The number of aromatic hydroxyl groups is 1. The number of hydrogen-bond acceptors (Lipinski definition) is 4. The van der Waals surface area contributed by atoms with Crippen LogP contribution in [0, 0.1) is 0 Å². The molecule has 2 N–H and O–H groups in total. The zero-order valence-electron chi connectivity index (χ0n) is 13.6. The molecule has 2 atom stereocenters. The molecule has 6 heteroatoms. The first-order valence-electron chi connectivity index (χ1n) is 8.16. The van der Waals surface area contributed by atoms with Gasteiger partial charge in [-0.25, -0.2) is 4.79 Å². The minimum atomic E-state index is -0.210. The van der Waals surface area contributed by atoms with E-state index in [0.717, 1.165) is 12.0 Å². The Bertz CT molecular complexity index is 675. The van der Waals surface area contributed by atoms with Crippen LogP contribution in [0.15, 0.2) is 41.8 Å². The Morgan fingerprint density at radius 2 is 2.33 bits per heavy atom. The molecular formula is C18H22N2O3S. The molecule has 1 aromatic carbocycles. The van der Waals surface area contributed by atoms with Gasteiger partial charge in [-0.2, -0.15) is 0 Å². The van der Waals surface area contributed by atoms with Gasteiger partial charge in [-0.1, -0.05) is 25.1 Å². The Labute approximate surface area is 145 Å². The summed E-state index contributed by atoms with van der Waals surface area (Å²) in [5.41, 5.74) is 0.887. The van der Waals surface area contributed by atoms with Gasteiger partial charge in [0.2, 0.25) is 0 Å². The number of hydrogen-bond donors (Lipinski definition) is 2. The number of amides is 2. The maximum atomic E-state index is 12.6. The number of morpholine rings is 1. The first kappa shape index (κ1) is 16.8. The summed E-state index contributed by atoms with van der Waals surface area (Å²) >= 11 is 1.66. The molecule has 0 aliphatic carbocycles. The minimum Gasteiger partial charge on any atom is -0.508 e. The number of thiophene rings is 1. The summed E-state index contributed by atoms with van der Waals surface area (Å²) in [6.45, 7) is 3.61. The lowest BCUT2D eigenvalue weighted by molar-refractivity contribution is -0.0158. The smallest absolute Gasteiger partial charge is 0.318 e. The highest BCUT2D eigenvalue weighted by Gasteiger charge is 2.27. The summed E-state index contributed by atoms with van der Waals surface area (Å²) < 4.78 is 5.77. The number of carbonyl (C=O) groups is 1. The lowest BCUT2D eigenvalue weighted by Gasteiger charge is -2.34. The average Bonchev–Trinajstić information content (AvgIpc) is 3.14. The maximum absolute atomic E-state index is 12.6. The number of carbonyl (C=O) groups excluding carboxylic acids is 1. The van der Waals surface area contributed by atoms with Crippen LogP contribution in [0.3, 0.4) is 0 Å². The SMILES string of the molecule is CCC(NC(=O)N1CCOC(c2cccc(O)c2)C1)c1cccs1. The molecular weight excluding hydrogens is 324 g/mol. The molecule has 24 heavy (non-hydrogen) atoms. The Morgan fingerprint density at radius 3 is 3.04 bits per heavy atom. The van der Waals surface area contributed by atoms with E-state index in [1.54, 1.807) is 34.4 Å². The van der Waals surface area contributed by atoms with Crippen LogP contribution in [0.25, 0.3) is 0 Å². The van der Waals surface area contributed by atoms with Crippen molar-refractivity contribution in [2.24, 2.45) is 0 Å². The molecule has 2 amide bonds. The number of ether oxygens (including phenoxy) is 1. The third-order valence-electron chi connectivity index (χ3n) is 4.19. The lowest BCUT2D eigenvalue weighted by Crippen LogP contribution is -2.47. The lowest BCUT2D eigenvalue weighted by atomic mass is 10.1. The molecule has 0 spiro atoms. The molecule has 0 bridgehead atoms. The average molecular weight is 346 g/mol. The van der Waals surface area contributed by atoms with Crippen molar-refractivity contribution in [3.05, 3.63) is 52.2 Å². The first-order chi connectivity index (χ1) is 11.7. The summed E-state index contributed by atoms with van der Waals surface area (Å²) in [7, 11) is 0. The molecule has 128 valence electrons. The van der Waals surface area contributed by atoms with Crippen LogP contribution in [0.2, 0.25) is 0 Å². The quantitative estimate of drug-likeness (QED) is 0.887. The largest absolute Gasteiger partial charge is 0.508 e. The van der Waals surface area contributed by atoms with Crippen LogP contribution >= 0.6 is 11.3 Å². The highest BCUT2D eigenvalue weighted by Crippen LogP contribution is 2.26. The topological polar surface area (TPSA) is 61.8 Å². The van der Waals surface area contributed by atoms with Gasteiger partial charge in [0.15, 0.2) is 0 Å². The van der Waals surface area contributed by atoms with Crippen molar-refractivity contribution >= 4 is 17.4 Å². The number of benzene rings is 1. The van der Waals surface area contributed by atoms with Gasteiger partial charge in [0.1, 0.15) is 11.9 Å². The van der Waals surface area contributed by atoms with Gasteiger partial charge in [0, 0.05) is 11.4 Å². The predicted octanol–water partition coefficient (Wildman–Crippen LogP) is 3.69. The standard InChI is InChI=1S/C18H22N2O3S/c1-2-15(17-7-4-10-24-17)19-18(22)20-8-9-23-16(12-20)13-5-3-6-14(21)11-13/h3-7,10-11,15-16,21H,2,8-9,12H2,1H3,(H,19,22). The number of urea groups is 1. The number of phenolic OH excluding ortho intramolecular Hbond substituents is 1. The van der Waals surface area contributed by atoms with Crippen LogP contribution in [0.5, 0.6) is 5.75 Å². The molecule has 2 aromatic rings. The molecule has 2 unspecified atom stereocenters. The highest BCUT2D eigenvalue weighted by atomic mass is 32.1. The van der Waals surface area contributed by atoms with E-state index in [1.165, 1.54) is 4.88 Å². The molecule has 1 aliphatic rings. The Kier molecular flexibility index (Phi) is 5.37. The summed E-state index contributed by atoms with van der Waals surface area (Å²) in [5.74, 6) is 0.210. The molecule has 2 heterocycles. The van der Waals surface area contributed by atoms with Crippen LogP contribution in [-0.4, -0.2) is 35.7 Å². The molecule has 1 fully saturated rings. The van der Waals surface area contributed by atoms with Crippen molar-refractivity contribution in [3.8, 4) is 5.75 Å². The predicted molar refractivity (Wildman–Crippen MR) is 94.3 cm³/mol. The van der Waals surface area contributed by atoms with E-state index in [4.69, 9.17) is 4.74 Å². The van der Waals surface area contributed by atoms with Gasteiger partial charge in [0.25, 0.3) is 0 Å². The fraction of sp³-hybridized carbons (Fsp3) is 0.389. The van der Waals surface area contributed by atoms with Crippen molar-refractivity contribution in [3.63, 3.8) is 0 Å². The van der Waals surface area contributed by atoms with Crippen LogP contribution in [0.4, 0.5) is 4.79 Å². The second-order valence-corrected chi connectivity index (χ2v) is 6.81. The van der Waals surface area contributed by atoms with Crippen LogP contribution in [0.1, 0.15) is 35.9 Å². The molecule has 0 saturated carbocycles. The summed E-state index contributed by atoms with van der Waals surface area (Å²) in [5, 5.41) is 14.8. The third kappa shape index (κ3) is 3.88. The van der Waals surface area contributed by atoms with Crippen LogP contribution in [-0.2, 0) is 4.74 Å². The van der Waals surface area contributed by atoms with E-state index in [-0.39, 0.29) is 23.9 Å². The normalized spacial score (nSPS) is 19.0. The number of phenols is 1. The Morgan fingerprint density at radius 1 is 1.46 bits per heavy atom. The highest BCUT2D eigenvalue weighted by molar-refractivity contribution is 7.10. The van der Waals surface area contributed by atoms with Crippen LogP contribution < -0.4 is 5.32 Å². The van der Waals surface area contributed by atoms with Gasteiger partial charge in [-0.05, 0) is 35.6 Å². The summed E-state index contributed by atoms with van der Waals surface area (Å²) in [6, 6.07) is 11.0. The Balaban J connectivity index is 1.64. The van der Waals surface area contributed by atoms with Crippen molar-refractivity contribution in [2.45, 2.75) is 25.5 Å². The fourth-order valence-electron chi connectivity index (χ4n) is 2.86. The minimum absolute atomic E-state index is 0.0413. The van der Waals surface area contributed by atoms with Crippen molar-refractivity contribution < 1.29 is 14.6 Å². The van der Waals surface area contributed by atoms with Gasteiger partial charge in [0.05, 0.1) is 19.2 Å². The van der Waals surface area contributed by atoms with Crippen molar-refractivity contribution in [2.75, 3.05) is 19.7 Å². The monoisotopic (exact) mass is 346 g/mol. The fourth-order valence-corrected chi connectivity index (χ4v) is 3.73. The second-order valence-electron chi connectivity index (χ2n) is 5.83. The van der Waals surface area contributed by atoms with Crippen molar-refractivity contribution in [1.82, 2.24) is 10.2 Å². The first-order valence-corrected chi connectivity index (χ1v) is 9.04. The van der Waals surface area contributed by atoms with Gasteiger partial charge in [-0.15, -0.1) is 11.3 Å². The summed E-state index contributed by atoms with van der Waals surface area (Å²) in [4.78, 5) is 15.6. The molecule has 1 aliphatic heterocycles. The maximum Gasteiger partial charge on any atom is 0.318 e. The zero-order chi connectivity index (χ0) is 16.9. The number of nitrogens with zero attached hydrogens (tertiary/aromatic N) is 1. The summed E-state index contributed by atoms with van der Waals surface area (Å²) in [6.07, 6.45) is 0.644. The van der Waals surface area contributed by atoms with E-state index in [1.807, 2.05) is 23.6 Å². The van der Waals surface area contributed by atoms with Gasteiger partial charge < -0.3 is 20.1 Å². The van der Waals surface area contributed by atoms with E-state index < -0.39 is 0 Å². The van der Waals surface area contributed by atoms with E-state index >= 15 is 0 Å². The molecule has 0 radical (unpaired) electrons. The van der Waals surface area contributed by atoms with E-state index in [9.17, 15) is 9.90 Å². The Hall–Kier alpha value is -2.05. The molecule has 5 nitrogen and oxygen atoms in total. The number of rotatable bonds is 4. The van der Waals surface area contributed by atoms with E-state index in [2.05, 4.69) is 12.2 Å². The van der Waals surface area contributed by atoms with E-state index in [0.29, 0.717) is 19.7 Å². The van der Waals surface area contributed by atoms with Gasteiger partial charge >= 0.3 is 6.03 Å². The molecule has 1 saturated heterocycles. The third-order valence-corrected chi connectivity index (χ3v) is 5.17. The second kappa shape index (κ2) is 7.68. The van der Waals surface area contributed by atoms with Crippen molar-refractivity contribution in [1.29, 1.82) is 0 Å².